The highest BCUT2D eigenvalue weighted by molar-refractivity contribution is 7.89. The fraction of sp³-hybridized carbons (Fsp3) is 0.450. The zero-order valence-corrected chi connectivity index (χ0v) is 18.7. The van der Waals surface area contributed by atoms with Crippen LogP contribution in [-0.2, 0) is 19.6 Å². The van der Waals surface area contributed by atoms with Crippen LogP contribution in [0.25, 0.3) is 0 Å². The number of nitrogens with zero attached hydrogens (tertiary/aromatic N) is 2. The van der Waals surface area contributed by atoms with Crippen LogP contribution in [0, 0.1) is 19.8 Å². The fourth-order valence-electron chi connectivity index (χ4n) is 3.65. The Morgan fingerprint density at radius 2 is 1.87 bits per heavy atom. The molecule has 1 aliphatic rings. The average molecular weight is 451 g/mol. The fourth-order valence-corrected chi connectivity index (χ4v) is 5.41. The van der Waals surface area contributed by atoms with Crippen molar-refractivity contribution < 1.29 is 27.3 Å². The van der Waals surface area contributed by atoms with Gasteiger partial charge < -0.3 is 19.9 Å². The highest BCUT2D eigenvalue weighted by atomic mass is 32.2. The summed E-state index contributed by atoms with van der Waals surface area (Å²) in [5, 5.41) is 9.22. The summed E-state index contributed by atoms with van der Waals surface area (Å²) in [5.41, 5.74) is 1.29. The maximum Gasteiger partial charge on any atom is 0.248 e. The molecule has 2 amide bonds. The van der Waals surface area contributed by atoms with Crippen LogP contribution in [0.2, 0.25) is 0 Å². The Bertz CT molecular complexity index is 1070. The number of methoxy groups -OCH3 is 1. The normalized spacial score (nSPS) is 15.5. The first kappa shape index (κ1) is 22.8. The number of carbonyl (C=O) groups is 2. The van der Waals surface area contributed by atoms with Crippen molar-refractivity contribution in [3.63, 3.8) is 0 Å². The zero-order valence-electron chi connectivity index (χ0n) is 17.9. The monoisotopic (exact) mass is 450 g/mol. The molecular formula is C20H26N4O6S. The van der Waals surface area contributed by atoms with Gasteiger partial charge in [0, 0.05) is 31.6 Å². The lowest BCUT2D eigenvalue weighted by molar-refractivity contribution is -0.121. The van der Waals surface area contributed by atoms with E-state index in [1.807, 2.05) is 0 Å². The molecular weight excluding hydrogens is 424 g/mol. The van der Waals surface area contributed by atoms with E-state index in [1.54, 1.807) is 32.0 Å². The predicted octanol–water partition coefficient (Wildman–Crippen LogP) is 2.30. The van der Waals surface area contributed by atoms with Crippen molar-refractivity contribution in [1.82, 2.24) is 9.46 Å². The summed E-state index contributed by atoms with van der Waals surface area (Å²) >= 11 is 0. The standard InChI is InChI=1S/C20H26N4O6S/c1-12-19(13(2)30-23-12)31(27,28)24-9-7-15(8-10-24)20(26)22-17-11-16(21-14(3)25)5-6-18(17)29-4/h5-6,11,15H,7-10H2,1-4H3,(H,21,25)(H,22,26). The molecule has 1 saturated heterocycles. The summed E-state index contributed by atoms with van der Waals surface area (Å²) in [6, 6.07) is 4.95. The Morgan fingerprint density at radius 3 is 2.42 bits per heavy atom. The van der Waals surface area contributed by atoms with Crippen molar-refractivity contribution >= 4 is 33.2 Å². The lowest BCUT2D eigenvalue weighted by Crippen LogP contribution is -2.41. The van der Waals surface area contributed by atoms with Crippen LogP contribution in [0.1, 0.15) is 31.2 Å². The number of piperidine rings is 1. The summed E-state index contributed by atoms with van der Waals surface area (Å²) in [6.07, 6.45) is 0.754. The Morgan fingerprint density at radius 1 is 1.19 bits per heavy atom. The first-order valence-electron chi connectivity index (χ1n) is 9.83. The highest BCUT2D eigenvalue weighted by Gasteiger charge is 2.35. The molecule has 0 atom stereocenters. The number of rotatable bonds is 6. The van der Waals surface area contributed by atoms with Crippen LogP contribution in [-0.4, -0.2) is 49.9 Å². The van der Waals surface area contributed by atoms with Gasteiger partial charge in [-0.05, 0) is 44.9 Å². The van der Waals surface area contributed by atoms with Crippen LogP contribution < -0.4 is 15.4 Å². The van der Waals surface area contributed by atoms with Gasteiger partial charge in [0.2, 0.25) is 21.8 Å². The Hall–Kier alpha value is -2.92. The zero-order chi connectivity index (χ0) is 22.8. The number of aryl methyl sites for hydroxylation is 2. The first-order chi connectivity index (χ1) is 14.6. The topological polar surface area (TPSA) is 131 Å². The molecule has 10 nitrogen and oxygen atoms in total. The number of sulfonamides is 1. The van der Waals surface area contributed by atoms with Gasteiger partial charge in [-0.1, -0.05) is 5.16 Å². The summed E-state index contributed by atoms with van der Waals surface area (Å²) < 4.78 is 37.5. The van der Waals surface area contributed by atoms with Gasteiger partial charge in [-0.15, -0.1) is 0 Å². The van der Waals surface area contributed by atoms with E-state index in [0.717, 1.165) is 0 Å². The number of anilines is 2. The summed E-state index contributed by atoms with van der Waals surface area (Å²) in [7, 11) is -2.24. The van der Waals surface area contributed by atoms with Crippen molar-refractivity contribution in [2.24, 2.45) is 5.92 Å². The van der Waals surface area contributed by atoms with E-state index >= 15 is 0 Å². The molecule has 31 heavy (non-hydrogen) atoms. The Labute approximate surface area is 181 Å². The van der Waals surface area contributed by atoms with E-state index in [1.165, 1.54) is 18.3 Å². The van der Waals surface area contributed by atoms with Crippen LogP contribution in [0.5, 0.6) is 5.75 Å². The van der Waals surface area contributed by atoms with Crippen molar-refractivity contribution in [3.8, 4) is 5.75 Å². The van der Waals surface area contributed by atoms with E-state index in [2.05, 4.69) is 15.8 Å². The maximum absolute atomic E-state index is 12.9. The van der Waals surface area contributed by atoms with E-state index < -0.39 is 10.0 Å². The molecule has 2 N–H and O–H groups in total. The number of aromatic nitrogens is 1. The van der Waals surface area contributed by atoms with Gasteiger partial charge in [0.1, 0.15) is 16.3 Å². The second-order valence-electron chi connectivity index (χ2n) is 7.42. The highest BCUT2D eigenvalue weighted by Crippen LogP contribution is 2.31. The number of hydrogen-bond donors (Lipinski definition) is 2. The van der Waals surface area contributed by atoms with Crippen LogP contribution >= 0.6 is 0 Å². The number of benzene rings is 1. The molecule has 1 aromatic heterocycles. The van der Waals surface area contributed by atoms with Gasteiger partial charge in [-0.25, -0.2) is 8.42 Å². The SMILES string of the molecule is COc1ccc(NC(C)=O)cc1NC(=O)C1CCN(S(=O)(=O)c2c(C)noc2C)CC1. The molecule has 0 saturated carbocycles. The number of hydrogen-bond acceptors (Lipinski definition) is 7. The third-order valence-electron chi connectivity index (χ3n) is 5.17. The molecule has 2 aromatic rings. The number of amides is 2. The van der Waals surface area contributed by atoms with Gasteiger partial charge in [0.25, 0.3) is 0 Å². The number of carbonyl (C=O) groups excluding carboxylic acids is 2. The van der Waals surface area contributed by atoms with Crippen LogP contribution in [0.4, 0.5) is 11.4 Å². The summed E-state index contributed by atoms with van der Waals surface area (Å²) in [5.74, 6) is -0.100. The molecule has 3 rings (SSSR count). The summed E-state index contributed by atoms with van der Waals surface area (Å²) in [6.45, 7) is 4.98. The summed E-state index contributed by atoms with van der Waals surface area (Å²) in [4.78, 5) is 24.2. The minimum atomic E-state index is -3.73. The first-order valence-corrected chi connectivity index (χ1v) is 11.3. The molecule has 1 aromatic carbocycles. The molecule has 0 aliphatic carbocycles. The predicted molar refractivity (Wildman–Crippen MR) is 113 cm³/mol. The largest absolute Gasteiger partial charge is 0.495 e. The van der Waals surface area contributed by atoms with Crippen molar-refractivity contribution in [3.05, 3.63) is 29.7 Å². The third kappa shape index (κ3) is 4.88. The van der Waals surface area contributed by atoms with Crippen LogP contribution in [0.3, 0.4) is 0 Å². The smallest absolute Gasteiger partial charge is 0.248 e. The van der Waals surface area contributed by atoms with E-state index in [0.29, 0.717) is 35.7 Å². The van der Waals surface area contributed by atoms with Gasteiger partial charge in [0.15, 0.2) is 5.76 Å². The molecule has 0 unspecified atom stereocenters. The van der Waals surface area contributed by atoms with Crippen molar-refractivity contribution in [2.45, 2.75) is 38.5 Å². The third-order valence-corrected chi connectivity index (χ3v) is 7.31. The average Bonchev–Trinajstić information content (AvgIpc) is 3.06. The maximum atomic E-state index is 12.9. The van der Waals surface area contributed by atoms with E-state index in [4.69, 9.17) is 9.26 Å². The molecule has 2 heterocycles. The van der Waals surface area contributed by atoms with Gasteiger partial charge in [-0.3, -0.25) is 9.59 Å². The molecule has 1 fully saturated rings. The lowest BCUT2D eigenvalue weighted by Gasteiger charge is -2.30. The van der Waals surface area contributed by atoms with Crippen molar-refractivity contribution in [1.29, 1.82) is 0 Å². The number of nitrogens with one attached hydrogen (secondary N) is 2. The molecule has 0 radical (unpaired) electrons. The Kier molecular flexibility index (Phi) is 6.65. The van der Waals surface area contributed by atoms with Gasteiger partial charge in [0.05, 0.1) is 12.8 Å². The number of ether oxygens (including phenoxy) is 1. The molecule has 1 aliphatic heterocycles. The van der Waals surface area contributed by atoms with Gasteiger partial charge in [-0.2, -0.15) is 4.31 Å². The van der Waals surface area contributed by atoms with E-state index in [9.17, 15) is 18.0 Å². The lowest BCUT2D eigenvalue weighted by atomic mass is 9.97. The van der Waals surface area contributed by atoms with Gasteiger partial charge >= 0.3 is 0 Å². The van der Waals surface area contributed by atoms with Crippen molar-refractivity contribution in [2.75, 3.05) is 30.8 Å². The van der Waals surface area contributed by atoms with Crippen LogP contribution in [0.15, 0.2) is 27.6 Å². The quantitative estimate of drug-likeness (QED) is 0.690. The molecule has 0 bridgehead atoms. The minimum Gasteiger partial charge on any atom is -0.495 e. The molecule has 0 spiro atoms. The minimum absolute atomic E-state index is 0.0925. The second kappa shape index (κ2) is 9.06. The Balaban J connectivity index is 1.68. The molecule has 11 heteroatoms. The second-order valence-corrected chi connectivity index (χ2v) is 9.29. The van der Waals surface area contributed by atoms with E-state index in [-0.39, 0.29) is 41.5 Å². The molecule has 168 valence electrons.